The maximum atomic E-state index is 10.4. The molecule has 0 spiro atoms. The summed E-state index contributed by atoms with van der Waals surface area (Å²) < 4.78 is 10.4. The fourth-order valence-electron chi connectivity index (χ4n) is 0.225. The first-order valence-electron chi connectivity index (χ1n) is 2.09. The number of rotatable bonds is 3. The highest BCUT2D eigenvalue weighted by atomic mass is 32.1. The molecule has 0 aliphatic rings. The average molecular weight is 155 g/mol. The van der Waals surface area contributed by atoms with Gasteiger partial charge < -0.3 is 0 Å². The number of nitrogens with one attached hydrogen (secondary N) is 1. The Morgan fingerprint density at radius 1 is 1.62 bits per heavy atom. The standard InChI is InChI=1S/C2H10N3OPS/c3-7(4,6)5-1-2-8/h8H,1-2H2,(H5,3,4,5,6). The van der Waals surface area contributed by atoms with E-state index in [-0.39, 0.29) is 0 Å². The summed E-state index contributed by atoms with van der Waals surface area (Å²) >= 11 is 3.84. The minimum Gasteiger partial charge on any atom is -0.271 e. The van der Waals surface area contributed by atoms with Crippen molar-refractivity contribution in [3.8, 4) is 0 Å². The molecule has 0 saturated heterocycles. The van der Waals surface area contributed by atoms with Crippen LogP contribution < -0.4 is 16.1 Å². The summed E-state index contributed by atoms with van der Waals surface area (Å²) in [6, 6.07) is 0. The van der Waals surface area contributed by atoms with E-state index in [2.05, 4.69) is 17.7 Å². The van der Waals surface area contributed by atoms with Gasteiger partial charge in [0.25, 0.3) is 7.59 Å². The maximum Gasteiger partial charge on any atom is 0.273 e. The third-order valence-electron chi connectivity index (χ3n) is 0.471. The molecule has 4 nitrogen and oxygen atoms in total. The van der Waals surface area contributed by atoms with E-state index < -0.39 is 7.59 Å². The van der Waals surface area contributed by atoms with Crippen molar-refractivity contribution < 1.29 is 4.57 Å². The number of thiol groups is 1. The van der Waals surface area contributed by atoms with Gasteiger partial charge in [0, 0.05) is 12.3 Å². The van der Waals surface area contributed by atoms with Crippen molar-refractivity contribution in [3.63, 3.8) is 0 Å². The lowest BCUT2D eigenvalue weighted by atomic mass is 10.8. The van der Waals surface area contributed by atoms with E-state index in [9.17, 15) is 4.57 Å². The number of hydrogen-bond acceptors (Lipinski definition) is 2. The van der Waals surface area contributed by atoms with Gasteiger partial charge in [-0.1, -0.05) is 0 Å². The van der Waals surface area contributed by atoms with Crippen molar-refractivity contribution in [1.29, 1.82) is 0 Å². The fraction of sp³-hybridized carbons (Fsp3) is 1.00. The second kappa shape index (κ2) is 3.48. The Bertz CT molecular complexity index is 101. The van der Waals surface area contributed by atoms with E-state index in [0.29, 0.717) is 12.3 Å². The van der Waals surface area contributed by atoms with E-state index in [1.54, 1.807) is 0 Å². The van der Waals surface area contributed by atoms with Crippen LogP contribution in [0.1, 0.15) is 0 Å². The normalized spacial score (nSPS) is 11.9. The Morgan fingerprint density at radius 2 is 2.12 bits per heavy atom. The summed E-state index contributed by atoms with van der Waals surface area (Å²) in [5.74, 6) is 0.582. The SMILES string of the molecule is NP(N)(=O)NCCS. The monoisotopic (exact) mass is 155 g/mol. The lowest BCUT2D eigenvalue weighted by Crippen LogP contribution is -2.23. The van der Waals surface area contributed by atoms with Crippen molar-refractivity contribution >= 4 is 20.2 Å². The number of hydrogen-bond donors (Lipinski definition) is 4. The molecular weight excluding hydrogens is 145 g/mol. The Balaban J connectivity index is 3.26. The van der Waals surface area contributed by atoms with Crippen LogP contribution in [0.5, 0.6) is 0 Å². The highest BCUT2D eigenvalue weighted by Crippen LogP contribution is 2.15. The quantitative estimate of drug-likeness (QED) is 0.328. The van der Waals surface area contributed by atoms with Gasteiger partial charge in [-0.25, -0.2) is 5.09 Å². The molecule has 0 aliphatic carbocycles. The summed E-state index contributed by atoms with van der Waals surface area (Å²) in [5.41, 5.74) is 9.82. The minimum atomic E-state index is -2.98. The van der Waals surface area contributed by atoms with Gasteiger partial charge in [0.2, 0.25) is 0 Å². The van der Waals surface area contributed by atoms with Crippen molar-refractivity contribution in [2.24, 2.45) is 11.0 Å². The summed E-state index contributed by atoms with van der Waals surface area (Å²) in [7, 11) is -2.98. The summed E-state index contributed by atoms with van der Waals surface area (Å²) in [6.45, 7) is 0.480. The van der Waals surface area contributed by atoms with Crippen LogP contribution in [0.3, 0.4) is 0 Å². The van der Waals surface area contributed by atoms with Crippen LogP contribution in [0.15, 0.2) is 0 Å². The summed E-state index contributed by atoms with van der Waals surface area (Å²) in [5, 5.41) is 2.41. The molecule has 0 bridgehead atoms. The molecule has 8 heavy (non-hydrogen) atoms. The van der Waals surface area contributed by atoms with E-state index in [0.717, 1.165) is 0 Å². The van der Waals surface area contributed by atoms with Gasteiger partial charge >= 0.3 is 0 Å². The predicted octanol–water partition coefficient (Wildman–Crippen LogP) is -0.469. The minimum absolute atomic E-state index is 0.480. The van der Waals surface area contributed by atoms with Crippen LogP contribution in [0.2, 0.25) is 0 Å². The first-order chi connectivity index (χ1) is 3.56. The average Bonchev–Trinajstić information content (AvgIpc) is 1.59. The molecule has 0 aromatic rings. The molecule has 50 valence electrons. The molecule has 0 rings (SSSR count). The lowest BCUT2D eigenvalue weighted by Gasteiger charge is -2.04. The molecular formula is C2H10N3OPS. The Hall–Kier alpha value is 0.460. The molecule has 0 fully saturated rings. The third-order valence-corrected chi connectivity index (χ3v) is 1.41. The smallest absolute Gasteiger partial charge is 0.271 e. The van der Waals surface area contributed by atoms with Crippen molar-refractivity contribution in [3.05, 3.63) is 0 Å². The molecule has 0 aliphatic heterocycles. The summed E-state index contributed by atoms with van der Waals surface area (Å²) in [4.78, 5) is 0. The zero-order chi connectivity index (χ0) is 6.62. The highest BCUT2D eigenvalue weighted by Gasteiger charge is 2.02. The molecule has 0 amide bonds. The highest BCUT2D eigenvalue weighted by molar-refractivity contribution is 7.80. The molecule has 0 heterocycles. The van der Waals surface area contributed by atoms with Crippen LogP contribution in [-0.2, 0) is 4.57 Å². The molecule has 0 unspecified atom stereocenters. The van der Waals surface area contributed by atoms with E-state index in [1.165, 1.54) is 0 Å². The first-order valence-corrected chi connectivity index (χ1v) is 4.57. The topological polar surface area (TPSA) is 81.1 Å². The lowest BCUT2D eigenvalue weighted by molar-refractivity contribution is 0.568. The molecule has 6 heteroatoms. The van der Waals surface area contributed by atoms with Gasteiger partial charge in [0.05, 0.1) is 0 Å². The van der Waals surface area contributed by atoms with E-state index >= 15 is 0 Å². The Morgan fingerprint density at radius 3 is 2.25 bits per heavy atom. The Labute approximate surface area is 53.9 Å². The van der Waals surface area contributed by atoms with Crippen molar-refractivity contribution in [2.75, 3.05) is 12.3 Å². The van der Waals surface area contributed by atoms with Crippen LogP contribution >= 0.6 is 20.2 Å². The van der Waals surface area contributed by atoms with E-state index in [1.807, 2.05) is 0 Å². The Kier molecular flexibility index (Phi) is 3.68. The van der Waals surface area contributed by atoms with Gasteiger partial charge in [-0.3, -0.25) is 15.6 Å². The second-order valence-corrected chi connectivity index (χ2v) is 3.52. The van der Waals surface area contributed by atoms with Gasteiger partial charge in [-0.05, 0) is 0 Å². The molecule has 0 radical (unpaired) electrons. The van der Waals surface area contributed by atoms with Gasteiger partial charge in [-0.2, -0.15) is 12.6 Å². The van der Waals surface area contributed by atoms with Gasteiger partial charge in [0.1, 0.15) is 0 Å². The molecule has 0 atom stereocenters. The van der Waals surface area contributed by atoms with Gasteiger partial charge in [-0.15, -0.1) is 0 Å². The van der Waals surface area contributed by atoms with Crippen molar-refractivity contribution in [2.45, 2.75) is 0 Å². The second-order valence-electron chi connectivity index (χ2n) is 1.34. The molecule has 0 saturated carbocycles. The predicted molar refractivity (Wildman–Crippen MR) is 37.8 cm³/mol. The first kappa shape index (κ1) is 8.46. The van der Waals surface area contributed by atoms with Gasteiger partial charge in [0.15, 0.2) is 0 Å². The van der Waals surface area contributed by atoms with E-state index in [4.69, 9.17) is 11.0 Å². The molecule has 0 aromatic heterocycles. The third kappa shape index (κ3) is 6.46. The number of nitrogens with two attached hydrogens (primary N) is 2. The van der Waals surface area contributed by atoms with Crippen LogP contribution in [-0.4, -0.2) is 12.3 Å². The zero-order valence-electron chi connectivity index (χ0n) is 4.37. The van der Waals surface area contributed by atoms with Crippen LogP contribution in [0.4, 0.5) is 0 Å². The summed E-state index contributed by atoms with van der Waals surface area (Å²) in [6.07, 6.45) is 0. The van der Waals surface area contributed by atoms with Crippen LogP contribution in [0.25, 0.3) is 0 Å². The molecule has 5 N–H and O–H groups in total. The zero-order valence-corrected chi connectivity index (χ0v) is 6.16. The maximum absolute atomic E-state index is 10.4. The fourth-order valence-corrected chi connectivity index (χ4v) is 0.974. The van der Waals surface area contributed by atoms with Crippen molar-refractivity contribution in [1.82, 2.24) is 5.09 Å². The van der Waals surface area contributed by atoms with Crippen LogP contribution in [0, 0.1) is 0 Å². The largest absolute Gasteiger partial charge is 0.273 e. The molecule has 0 aromatic carbocycles.